The third-order valence-electron chi connectivity index (χ3n) is 2.69. The van der Waals surface area contributed by atoms with E-state index in [0.29, 0.717) is 6.54 Å². The Bertz CT molecular complexity index is 420. The third kappa shape index (κ3) is 4.27. The second-order valence-corrected chi connectivity index (χ2v) is 5.02. The lowest BCUT2D eigenvalue weighted by Gasteiger charge is -2.20. The molecule has 4 heteroatoms. The lowest BCUT2D eigenvalue weighted by Crippen LogP contribution is -2.43. The highest BCUT2D eigenvalue weighted by Crippen LogP contribution is 2.22. The van der Waals surface area contributed by atoms with Gasteiger partial charge in [0.2, 0.25) is 5.91 Å². The molecule has 1 rings (SSSR count). The third-order valence-corrected chi connectivity index (χ3v) is 3.41. The Morgan fingerprint density at radius 2 is 2.11 bits per heavy atom. The van der Waals surface area contributed by atoms with Crippen LogP contribution in [0.2, 0.25) is 0 Å². The van der Waals surface area contributed by atoms with Gasteiger partial charge in [0.05, 0.1) is 6.04 Å². The number of hydrogen-bond acceptors (Lipinski definition) is 2. The van der Waals surface area contributed by atoms with Gasteiger partial charge in [0.15, 0.2) is 0 Å². The van der Waals surface area contributed by atoms with Crippen LogP contribution in [0, 0.1) is 0 Å². The van der Waals surface area contributed by atoms with Gasteiger partial charge < -0.3 is 5.32 Å². The average molecular weight is 311 g/mol. The van der Waals surface area contributed by atoms with Gasteiger partial charge in [0.1, 0.15) is 0 Å². The van der Waals surface area contributed by atoms with E-state index in [9.17, 15) is 4.79 Å². The number of hydrogen-bond donors (Lipinski definition) is 2. The monoisotopic (exact) mass is 310 g/mol. The Labute approximate surface area is 117 Å². The van der Waals surface area contributed by atoms with Crippen molar-refractivity contribution in [1.29, 1.82) is 0 Å². The van der Waals surface area contributed by atoms with Crippen LogP contribution in [0.1, 0.15) is 25.5 Å². The number of halogens is 1. The maximum Gasteiger partial charge on any atom is 0.237 e. The summed E-state index contributed by atoms with van der Waals surface area (Å²) in [6.07, 6.45) is 1.67. The van der Waals surface area contributed by atoms with Crippen molar-refractivity contribution in [3.05, 3.63) is 47.0 Å². The predicted molar refractivity (Wildman–Crippen MR) is 78.4 cm³/mol. The second-order valence-electron chi connectivity index (χ2n) is 4.17. The minimum atomic E-state index is -0.243. The molecule has 0 aliphatic rings. The molecule has 0 heterocycles. The molecule has 0 aliphatic carbocycles. The Balaban J connectivity index is 2.59. The molecular weight excluding hydrogens is 292 g/mol. The normalized spacial score (nSPS) is 13.7. The summed E-state index contributed by atoms with van der Waals surface area (Å²) in [6, 6.07) is 7.85. The largest absolute Gasteiger partial charge is 0.351 e. The zero-order valence-corrected chi connectivity index (χ0v) is 12.3. The quantitative estimate of drug-likeness (QED) is 0.793. The Morgan fingerprint density at radius 3 is 2.72 bits per heavy atom. The number of rotatable bonds is 6. The number of nitrogens with one attached hydrogen (secondary N) is 2. The molecule has 2 atom stereocenters. The van der Waals surface area contributed by atoms with Gasteiger partial charge in [-0.1, -0.05) is 40.2 Å². The van der Waals surface area contributed by atoms with Crippen molar-refractivity contribution in [2.75, 3.05) is 6.54 Å². The summed E-state index contributed by atoms with van der Waals surface area (Å²) in [7, 11) is 0. The summed E-state index contributed by atoms with van der Waals surface area (Å²) >= 11 is 3.51. The average Bonchev–Trinajstić information content (AvgIpc) is 2.36. The first-order valence-corrected chi connectivity index (χ1v) is 6.74. The maximum absolute atomic E-state index is 11.7. The van der Waals surface area contributed by atoms with Gasteiger partial charge in [-0.05, 0) is 25.5 Å². The molecular formula is C14H19BrN2O. The van der Waals surface area contributed by atoms with Gasteiger partial charge in [-0.2, -0.15) is 0 Å². The van der Waals surface area contributed by atoms with Gasteiger partial charge >= 0.3 is 0 Å². The smallest absolute Gasteiger partial charge is 0.237 e. The summed E-state index contributed by atoms with van der Waals surface area (Å²) in [6.45, 7) is 7.96. The van der Waals surface area contributed by atoms with E-state index in [2.05, 4.69) is 33.1 Å². The van der Waals surface area contributed by atoms with E-state index in [0.717, 1.165) is 10.0 Å². The fraction of sp³-hybridized carbons (Fsp3) is 0.357. The highest BCUT2D eigenvalue weighted by molar-refractivity contribution is 9.10. The SMILES string of the molecule is C=CCNC(=O)C(C)N[C@@H](C)c1ccccc1Br. The predicted octanol–water partition coefficient (Wildman–Crippen LogP) is 2.79. The fourth-order valence-corrected chi connectivity index (χ4v) is 2.32. The molecule has 98 valence electrons. The molecule has 1 amide bonds. The molecule has 0 saturated heterocycles. The Kier molecular flexibility index (Phi) is 6.09. The maximum atomic E-state index is 11.7. The van der Waals surface area contributed by atoms with Crippen molar-refractivity contribution >= 4 is 21.8 Å². The molecule has 0 bridgehead atoms. The topological polar surface area (TPSA) is 41.1 Å². The molecule has 0 aromatic heterocycles. The summed E-state index contributed by atoms with van der Waals surface area (Å²) in [5, 5.41) is 6.04. The molecule has 1 aromatic rings. The number of amides is 1. The fourth-order valence-electron chi connectivity index (χ4n) is 1.69. The van der Waals surface area contributed by atoms with E-state index in [1.54, 1.807) is 6.08 Å². The molecule has 0 saturated carbocycles. The number of carbonyl (C=O) groups excluding carboxylic acids is 1. The van der Waals surface area contributed by atoms with E-state index < -0.39 is 0 Å². The molecule has 18 heavy (non-hydrogen) atoms. The lowest BCUT2D eigenvalue weighted by molar-refractivity contribution is -0.122. The lowest BCUT2D eigenvalue weighted by atomic mass is 10.1. The van der Waals surface area contributed by atoms with Gasteiger partial charge in [0, 0.05) is 17.1 Å². The van der Waals surface area contributed by atoms with Crippen molar-refractivity contribution in [3.63, 3.8) is 0 Å². The molecule has 1 unspecified atom stereocenters. The van der Waals surface area contributed by atoms with Gasteiger partial charge in [-0.3, -0.25) is 10.1 Å². The van der Waals surface area contributed by atoms with Crippen LogP contribution in [0.5, 0.6) is 0 Å². The van der Waals surface area contributed by atoms with E-state index in [1.165, 1.54) is 0 Å². The molecule has 0 aliphatic heterocycles. The highest BCUT2D eigenvalue weighted by atomic mass is 79.9. The molecule has 1 aromatic carbocycles. The van der Waals surface area contributed by atoms with Crippen LogP contribution >= 0.6 is 15.9 Å². The van der Waals surface area contributed by atoms with Crippen molar-refractivity contribution in [2.24, 2.45) is 0 Å². The zero-order valence-electron chi connectivity index (χ0n) is 10.7. The summed E-state index contributed by atoms with van der Waals surface area (Å²) in [5.74, 6) is -0.0196. The first-order valence-electron chi connectivity index (χ1n) is 5.95. The van der Waals surface area contributed by atoms with E-state index in [-0.39, 0.29) is 18.0 Å². The molecule has 0 fully saturated rings. The van der Waals surface area contributed by atoms with Gasteiger partial charge in [0.25, 0.3) is 0 Å². The van der Waals surface area contributed by atoms with Crippen molar-refractivity contribution in [2.45, 2.75) is 25.9 Å². The van der Waals surface area contributed by atoms with E-state index in [4.69, 9.17) is 0 Å². The van der Waals surface area contributed by atoms with E-state index in [1.807, 2.05) is 38.1 Å². The van der Waals surface area contributed by atoms with Crippen LogP contribution < -0.4 is 10.6 Å². The Morgan fingerprint density at radius 1 is 1.44 bits per heavy atom. The van der Waals surface area contributed by atoms with Crippen LogP contribution in [-0.4, -0.2) is 18.5 Å². The van der Waals surface area contributed by atoms with Crippen molar-refractivity contribution in [1.82, 2.24) is 10.6 Å². The summed E-state index contributed by atoms with van der Waals surface area (Å²) < 4.78 is 1.05. The minimum absolute atomic E-state index is 0.0196. The van der Waals surface area contributed by atoms with Gasteiger partial charge in [-0.15, -0.1) is 6.58 Å². The van der Waals surface area contributed by atoms with Crippen LogP contribution in [0.4, 0.5) is 0 Å². The molecule has 0 spiro atoms. The van der Waals surface area contributed by atoms with Crippen molar-refractivity contribution in [3.8, 4) is 0 Å². The first-order chi connectivity index (χ1) is 8.56. The van der Waals surface area contributed by atoms with Crippen LogP contribution in [0.3, 0.4) is 0 Å². The van der Waals surface area contributed by atoms with Crippen LogP contribution in [0.25, 0.3) is 0 Å². The van der Waals surface area contributed by atoms with Crippen LogP contribution in [-0.2, 0) is 4.79 Å². The zero-order chi connectivity index (χ0) is 13.5. The minimum Gasteiger partial charge on any atom is -0.351 e. The second kappa shape index (κ2) is 7.34. The Hall–Kier alpha value is -1.13. The first kappa shape index (κ1) is 14.9. The van der Waals surface area contributed by atoms with Crippen LogP contribution in [0.15, 0.2) is 41.4 Å². The number of benzene rings is 1. The number of carbonyl (C=O) groups is 1. The van der Waals surface area contributed by atoms with Gasteiger partial charge in [-0.25, -0.2) is 0 Å². The molecule has 2 N–H and O–H groups in total. The van der Waals surface area contributed by atoms with E-state index >= 15 is 0 Å². The standard InChI is InChI=1S/C14H19BrN2O/c1-4-9-16-14(18)11(3)17-10(2)12-7-5-6-8-13(12)15/h4-8,10-11,17H,1,9H2,2-3H3,(H,16,18)/t10-,11?/m0/s1. The highest BCUT2D eigenvalue weighted by Gasteiger charge is 2.16. The summed E-state index contributed by atoms with van der Waals surface area (Å²) in [5.41, 5.74) is 1.14. The molecule has 0 radical (unpaired) electrons. The summed E-state index contributed by atoms with van der Waals surface area (Å²) in [4.78, 5) is 11.7. The van der Waals surface area contributed by atoms with Crippen molar-refractivity contribution < 1.29 is 4.79 Å². The molecule has 3 nitrogen and oxygen atoms in total.